The highest BCUT2D eigenvalue weighted by molar-refractivity contribution is 5.85. The molecule has 2 heterocycles. The molecule has 5 aromatic rings. The van der Waals surface area contributed by atoms with Crippen molar-refractivity contribution in [3.8, 4) is 17.1 Å². The van der Waals surface area contributed by atoms with Gasteiger partial charge in [-0.2, -0.15) is 0 Å². The van der Waals surface area contributed by atoms with Crippen molar-refractivity contribution in [2.75, 3.05) is 0 Å². The number of aromatic hydroxyl groups is 1. The lowest BCUT2D eigenvalue weighted by Gasteiger charge is -2.16. The van der Waals surface area contributed by atoms with Gasteiger partial charge >= 0.3 is 5.69 Å². The topological polar surface area (TPSA) is 117 Å². The first kappa shape index (κ1) is 28.2. The molecule has 0 aliphatic carbocycles. The van der Waals surface area contributed by atoms with Gasteiger partial charge in [-0.3, -0.25) is 29.1 Å². The van der Waals surface area contributed by atoms with Gasteiger partial charge in [0.15, 0.2) is 5.75 Å². The quantitative estimate of drug-likeness (QED) is 0.242. The maximum Gasteiger partial charge on any atom is 0.310 e. The van der Waals surface area contributed by atoms with Crippen LogP contribution in [0.15, 0.2) is 88.5 Å². The van der Waals surface area contributed by atoms with Crippen LogP contribution in [0.4, 0.5) is 5.69 Å². The maximum absolute atomic E-state index is 14.1. The number of nitro groups is 1. The van der Waals surface area contributed by atoms with E-state index in [-0.39, 0.29) is 23.5 Å². The van der Waals surface area contributed by atoms with Gasteiger partial charge in [0, 0.05) is 37.5 Å². The number of hydrogen-bond donors (Lipinski definition) is 1. The second kappa shape index (κ2) is 10.7. The van der Waals surface area contributed by atoms with Crippen molar-refractivity contribution in [3.63, 3.8) is 0 Å². The van der Waals surface area contributed by atoms with Gasteiger partial charge in [-0.05, 0) is 49.7 Å². The Kier molecular flexibility index (Phi) is 7.57. The summed E-state index contributed by atoms with van der Waals surface area (Å²) in [5, 5.41) is 21.9. The Morgan fingerprint density at radius 3 is 1.57 bits per heavy atom. The monoisotopic (exact) mass is 561 g/mol. The summed E-state index contributed by atoms with van der Waals surface area (Å²) in [4.78, 5) is 39.3. The van der Waals surface area contributed by atoms with E-state index in [4.69, 9.17) is 0 Å². The number of hydrogen-bond acceptors (Lipinski definition) is 5. The molecule has 3 aromatic carbocycles. The van der Waals surface area contributed by atoms with Crippen molar-refractivity contribution >= 4 is 18.1 Å². The molecule has 206 valence electrons. The second-order valence-corrected chi connectivity index (χ2v) is 9.39. The zero-order chi connectivity index (χ0) is 28.0. The molecular formula is C29H28ClN5O5. The lowest BCUT2D eigenvalue weighted by atomic mass is 9.85. The van der Waals surface area contributed by atoms with Gasteiger partial charge in [0.1, 0.15) is 0 Å². The van der Waals surface area contributed by atoms with E-state index >= 15 is 0 Å². The summed E-state index contributed by atoms with van der Waals surface area (Å²) in [5.41, 5.74) is 2.23. The minimum atomic E-state index is -0.948. The van der Waals surface area contributed by atoms with Gasteiger partial charge in [0.05, 0.1) is 27.4 Å². The van der Waals surface area contributed by atoms with Crippen LogP contribution in [0.2, 0.25) is 0 Å². The zero-order valence-electron chi connectivity index (χ0n) is 22.3. The van der Waals surface area contributed by atoms with E-state index in [1.807, 2.05) is 36.4 Å². The molecule has 11 heteroatoms. The fourth-order valence-corrected chi connectivity index (χ4v) is 5.19. The number of phenols is 1. The van der Waals surface area contributed by atoms with E-state index in [9.17, 15) is 24.8 Å². The third-order valence-electron chi connectivity index (χ3n) is 7.30. The number of nitro benzene ring substituents is 1. The van der Waals surface area contributed by atoms with Crippen LogP contribution >= 0.6 is 12.4 Å². The van der Waals surface area contributed by atoms with Gasteiger partial charge < -0.3 is 5.11 Å². The van der Waals surface area contributed by atoms with Crippen LogP contribution in [0.25, 0.3) is 11.4 Å². The SMILES string of the molecule is Cc1c(C(c2ccc(O)c([N+](=O)[O-])c2)c2c(C)n(C)n(-c3ccccc3)c2=O)c(=O)n(-c2ccccc2)n1C.Cl. The summed E-state index contributed by atoms with van der Waals surface area (Å²) in [6.07, 6.45) is 0. The summed E-state index contributed by atoms with van der Waals surface area (Å²) in [6, 6.07) is 22.2. The van der Waals surface area contributed by atoms with Crippen molar-refractivity contribution in [2.45, 2.75) is 19.8 Å². The normalized spacial score (nSPS) is 11.0. The Bertz CT molecular complexity index is 1730. The first-order valence-electron chi connectivity index (χ1n) is 12.3. The minimum Gasteiger partial charge on any atom is -0.502 e. The fourth-order valence-electron chi connectivity index (χ4n) is 5.19. The lowest BCUT2D eigenvalue weighted by Crippen LogP contribution is -2.26. The number of aromatic nitrogens is 4. The summed E-state index contributed by atoms with van der Waals surface area (Å²) in [6.45, 7) is 3.57. The van der Waals surface area contributed by atoms with Gasteiger partial charge in [0.25, 0.3) is 11.1 Å². The van der Waals surface area contributed by atoms with E-state index in [0.29, 0.717) is 39.5 Å². The molecule has 0 spiro atoms. The number of nitrogens with zero attached hydrogens (tertiary/aromatic N) is 5. The van der Waals surface area contributed by atoms with Crippen molar-refractivity contribution < 1.29 is 10.0 Å². The predicted molar refractivity (Wildman–Crippen MR) is 154 cm³/mol. The van der Waals surface area contributed by atoms with E-state index in [2.05, 4.69) is 0 Å². The molecular weight excluding hydrogens is 534 g/mol. The molecule has 0 bridgehead atoms. The van der Waals surface area contributed by atoms with E-state index < -0.39 is 22.3 Å². The molecule has 0 amide bonds. The van der Waals surface area contributed by atoms with Gasteiger partial charge in [-0.15, -0.1) is 12.4 Å². The largest absolute Gasteiger partial charge is 0.502 e. The molecule has 0 aliphatic rings. The van der Waals surface area contributed by atoms with Crippen LogP contribution in [-0.2, 0) is 14.1 Å². The Morgan fingerprint density at radius 1 is 0.750 bits per heavy atom. The fraction of sp³-hybridized carbons (Fsp3) is 0.172. The van der Waals surface area contributed by atoms with Crippen molar-refractivity contribution in [1.29, 1.82) is 0 Å². The first-order chi connectivity index (χ1) is 18.6. The Labute approximate surface area is 235 Å². The third-order valence-corrected chi connectivity index (χ3v) is 7.30. The molecule has 10 nitrogen and oxygen atoms in total. The molecule has 0 aliphatic heterocycles. The Hall–Kier alpha value is -4.83. The summed E-state index contributed by atoms with van der Waals surface area (Å²) in [7, 11) is 3.51. The van der Waals surface area contributed by atoms with Crippen LogP contribution in [-0.4, -0.2) is 28.8 Å². The van der Waals surface area contributed by atoms with E-state index in [0.717, 1.165) is 0 Å². The maximum atomic E-state index is 14.1. The highest BCUT2D eigenvalue weighted by Crippen LogP contribution is 2.37. The molecule has 2 aromatic heterocycles. The van der Waals surface area contributed by atoms with Gasteiger partial charge in [-0.25, -0.2) is 9.36 Å². The minimum absolute atomic E-state index is 0. The number of rotatable bonds is 6. The van der Waals surface area contributed by atoms with Crippen molar-refractivity contribution in [3.05, 3.63) is 138 Å². The van der Waals surface area contributed by atoms with E-state index in [1.165, 1.54) is 27.6 Å². The second-order valence-electron chi connectivity index (χ2n) is 9.39. The van der Waals surface area contributed by atoms with Crippen LogP contribution < -0.4 is 11.1 Å². The standard InChI is InChI=1S/C29H27N5O5.ClH/c1-18-25(28(36)32(30(18)3)21-11-7-5-8-12-21)27(20-15-16-24(35)23(17-20)34(38)39)26-19(2)31(4)33(29(26)37)22-13-9-6-10-14-22;/h5-17,27,35H,1-4H3;1H. The van der Waals surface area contributed by atoms with Crippen LogP contribution in [0.3, 0.4) is 0 Å². The first-order valence-corrected chi connectivity index (χ1v) is 12.3. The zero-order valence-corrected chi connectivity index (χ0v) is 23.1. The van der Waals surface area contributed by atoms with Crippen molar-refractivity contribution in [1.82, 2.24) is 18.7 Å². The lowest BCUT2D eigenvalue weighted by molar-refractivity contribution is -0.385. The average Bonchev–Trinajstić information content (AvgIpc) is 3.28. The molecule has 0 saturated heterocycles. The molecule has 0 unspecified atom stereocenters. The number of halogens is 1. The highest BCUT2D eigenvalue weighted by Gasteiger charge is 2.34. The Morgan fingerprint density at radius 2 is 1.18 bits per heavy atom. The van der Waals surface area contributed by atoms with Crippen molar-refractivity contribution in [2.24, 2.45) is 14.1 Å². The third kappa shape index (κ3) is 4.42. The van der Waals surface area contributed by atoms with Crippen LogP contribution in [0, 0.1) is 24.0 Å². The molecule has 1 N–H and O–H groups in total. The Balaban J connectivity index is 0.00000370. The smallest absolute Gasteiger partial charge is 0.310 e. The predicted octanol–water partition coefficient (Wildman–Crippen LogP) is 4.50. The number of para-hydroxylation sites is 2. The highest BCUT2D eigenvalue weighted by atomic mass is 35.5. The molecule has 0 atom stereocenters. The molecule has 0 fully saturated rings. The molecule has 0 radical (unpaired) electrons. The molecule has 5 rings (SSSR count). The van der Waals surface area contributed by atoms with Crippen LogP contribution in [0.5, 0.6) is 5.75 Å². The average molecular weight is 562 g/mol. The summed E-state index contributed by atoms with van der Waals surface area (Å²) in [5.74, 6) is -1.45. The van der Waals surface area contributed by atoms with Gasteiger partial charge in [-0.1, -0.05) is 42.5 Å². The molecule has 40 heavy (non-hydrogen) atoms. The summed E-state index contributed by atoms with van der Waals surface area (Å²) >= 11 is 0. The molecule has 0 saturated carbocycles. The van der Waals surface area contributed by atoms with Crippen LogP contribution in [0.1, 0.15) is 34.0 Å². The van der Waals surface area contributed by atoms with Gasteiger partial charge in [0.2, 0.25) is 0 Å². The van der Waals surface area contributed by atoms with E-state index in [1.54, 1.807) is 61.6 Å². The summed E-state index contributed by atoms with van der Waals surface area (Å²) < 4.78 is 6.45. The number of phenolic OH excluding ortho intramolecular Hbond substituents is 1. The number of benzene rings is 3.